The normalized spacial score (nSPS) is 18.8. The van der Waals surface area contributed by atoms with Crippen LogP contribution in [0.5, 0.6) is 0 Å². The first-order chi connectivity index (χ1) is 14.2. The largest absolute Gasteiger partial charge is 0.339 e. The summed E-state index contributed by atoms with van der Waals surface area (Å²) < 4.78 is 5.60. The van der Waals surface area contributed by atoms with Crippen LogP contribution in [-0.2, 0) is 0 Å². The highest BCUT2D eigenvalue weighted by molar-refractivity contribution is 5.75. The molecule has 4 rings (SSSR count). The second-order valence-corrected chi connectivity index (χ2v) is 6.91. The Labute approximate surface area is 168 Å². The average Bonchev–Trinajstić information content (AvgIpc) is 3.43. The van der Waals surface area contributed by atoms with Crippen LogP contribution in [0.3, 0.4) is 0 Å². The van der Waals surface area contributed by atoms with Crippen LogP contribution in [0, 0.1) is 0 Å². The van der Waals surface area contributed by atoms with Gasteiger partial charge in [-0.05, 0) is 25.5 Å². The molecule has 29 heavy (non-hydrogen) atoms. The molecule has 1 aliphatic heterocycles. The summed E-state index contributed by atoms with van der Waals surface area (Å²) in [7, 11) is 0. The van der Waals surface area contributed by atoms with Crippen LogP contribution < -0.4 is 0 Å². The lowest BCUT2D eigenvalue weighted by atomic mass is 9.90. The van der Waals surface area contributed by atoms with Crippen LogP contribution in [-0.4, -0.2) is 67.1 Å². The minimum atomic E-state index is -0.114. The van der Waals surface area contributed by atoms with Gasteiger partial charge in [0.2, 0.25) is 11.7 Å². The molecule has 0 aromatic carbocycles. The smallest absolute Gasteiger partial charge is 0.320 e. The van der Waals surface area contributed by atoms with Crippen LogP contribution in [0.2, 0.25) is 0 Å². The number of hydrogen-bond acceptors (Lipinski definition) is 7. The molecule has 0 saturated carbocycles. The summed E-state index contributed by atoms with van der Waals surface area (Å²) in [4.78, 5) is 33.7. The van der Waals surface area contributed by atoms with E-state index in [-0.39, 0.29) is 17.9 Å². The molecule has 3 aromatic rings. The highest BCUT2D eigenvalue weighted by atomic mass is 16.5. The van der Waals surface area contributed by atoms with Crippen LogP contribution in [0.25, 0.3) is 11.5 Å². The molecule has 0 radical (unpaired) electrons. The second kappa shape index (κ2) is 8.34. The maximum Gasteiger partial charge on any atom is 0.320 e. The SMILES string of the molecule is CCN(CC)C(=O)N1C[C@@H](c2cccnc2)[C@H](c2nc(-c3cnccn3)no2)C1. The molecule has 0 aliphatic carbocycles. The molecule has 3 aromatic heterocycles. The summed E-state index contributed by atoms with van der Waals surface area (Å²) in [6.45, 7) is 6.40. The number of carbonyl (C=O) groups is 1. The Kier molecular flexibility index (Phi) is 5.46. The monoisotopic (exact) mass is 393 g/mol. The van der Waals surface area contributed by atoms with Crippen molar-refractivity contribution in [3.63, 3.8) is 0 Å². The molecule has 0 N–H and O–H groups in total. The van der Waals surface area contributed by atoms with Gasteiger partial charge in [0.1, 0.15) is 5.69 Å². The first-order valence-electron chi connectivity index (χ1n) is 9.75. The van der Waals surface area contributed by atoms with Crippen molar-refractivity contribution in [2.45, 2.75) is 25.7 Å². The zero-order valence-corrected chi connectivity index (χ0v) is 16.5. The zero-order valence-electron chi connectivity index (χ0n) is 16.5. The number of aromatic nitrogens is 5. The van der Waals surface area contributed by atoms with E-state index in [1.54, 1.807) is 24.8 Å². The van der Waals surface area contributed by atoms with Gasteiger partial charge in [-0.25, -0.2) is 9.78 Å². The van der Waals surface area contributed by atoms with E-state index >= 15 is 0 Å². The van der Waals surface area contributed by atoms with Crippen molar-refractivity contribution in [2.24, 2.45) is 0 Å². The molecule has 9 heteroatoms. The van der Waals surface area contributed by atoms with E-state index in [0.29, 0.717) is 43.6 Å². The molecule has 1 aliphatic rings. The third-order valence-electron chi connectivity index (χ3n) is 5.29. The average molecular weight is 393 g/mol. The molecule has 0 bridgehead atoms. The molecule has 4 heterocycles. The summed E-state index contributed by atoms with van der Waals surface area (Å²) in [5, 5.41) is 4.08. The number of nitrogens with zero attached hydrogens (tertiary/aromatic N) is 7. The molecule has 1 saturated heterocycles. The fraction of sp³-hybridized carbons (Fsp3) is 0.400. The first-order valence-corrected chi connectivity index (χ1v) is 9.75. The Morgan fingerprint density at radius 1 is 1.14 bits per heavy atom. The van der Waals surface area contributed by atoms with Crippen molar-refractivity contribution in [1.82, 2.24) is 34.9 Å². The summed E-state index contributed by atoms with van der Waals surface area (Å²) in [6.07, 6.45) is 8.35. The topological polar surface area (TPSA) is 101 Å². The van der Waals surface area contributed by atoms with E-state index in [9.17, 15) is 4.79 Å². The first kappa shape index (κ1) is 19.0. The van der Waals surface area contributed by atoms with Crippen LogP contribution >= 0.6 is 0 Å². The van der Waals surface area contributed by atoms with E-state index in [2.05, 4.69) is 25.1 Å². The summed E-state index contributed by atoms with van der Waals surface area (Å²) in [5.74, 6) is 0.802. The molecule has 0 spiro atoms. The standard InChI is InChI=1S/C20H23N7O2/c1-3-26(4-2)20(28)27-12-15(14-6-5-7-21-10-14)16(13-27)19-24-18(25-29-19)17-11-22-8-9-23-17/h5-11,15-16H,3-4,12-13H2,1-2H3/t15-,16+/m0/s1. The minimum Gasteiger partial charge on any atom is -0.339 e. The van der Waals surface area contributed by atoms with E-state index < -0.39 is 0 Å². The maximum absolute atomic E-state index is 12.9. The van der Waals surface area contributed by atoms with Crippen molar-refractivity contribution in [2.75, 3.05) is 26.2 Å². The predicted molar refractivity (Wildman–Crippen MR) is 105 cm³/mol. The Balaban J connectivity index is 1.64. The predicted octanol–water partition coefficient (Wildman–Crippen LogP) is 2.57. The lowest BCUT2D eigenvalue weighted by molar-refractivity contribution is 0.166. The third kappa shape index (κ3) is 3.80. The van der Waals surface area contributed by atoms with Crippen molar-refractivity contribution in [1.29, 1.82) is 0 Å². The van der Waals surface area contributed by atoms with Crippen molar-refractivity contribution < 1.29 is 9.32 Å². The molecule has 0 unspecified atom stereocenters. The fourth-order valence-electron chi connectivity index (χ4n) is 3.74. The highest BCUT2D eigenvalue weighted by Gasteiger charge is 2.41. The van der Waals surface area contributed by atoms with Crippen LogP contribution in [0.15, 0.2) is 47.6 Å². The fourth-order valence-corrected chi connectivity index (χ4v) is 3.74. The quantitative estimate of drug-likeness (QED) is 0.656. The Bertz CT molecular complexity index is 944. The molecule has 2 atom stereocenters. The Morgan fingerprint density at radius 3 is 2.62 bits per heavy atom. The van der Waals surface area contributed by atoms with Gasteiger partial charge in [0.25, 0.3) is 0 Å². The van der Waals surface area contributed by atoms with Crippen molar-refractivity contribution in [3.05, 3.63) is 54.6 Å². The van der Waals surface area contributed by atoms with Crippen LogP contribution in [0.1, 0.15) is 37.1 Å². The number of rotatable bonds is 5. The van der Waals surface area contributed by atoms with Gasteiger partial charge in [-0.2, -0.15) is 4.98 Å². The van der Waals surface area contributed by atoms with Crippen LogP contribution in [0.4, 0.5) is 4.79 Å². The number of amides is 2. The highest BCUT2D eigenvalue weighted by Crippen LogP contribution is 2.39. The molecule has 9 nitrogen and oxygen atoms in total. The summed E-state index contributed by atoms with van der Waals surface area (Å²) in [6, 6.07) is 3.95. The Morgan fingerprint density at radius 2 is 1.93 bits per heavy atom. The van der Waals surface area contributed by atoms with Gasteiger partial charge in [-0.1, -0.05) is 11.2 Å². The number of carbonyl (C=O) groups excluding carboxylic acids is 1. The second-order valence-electron chi connectivity index (χ2n) is 6.91. The minimum absolute atomic E-state index is 0.0263. The van der Waals surface area contributed by atoms with Gasteiger partial charge >= 0.3 is 6.03 Å². The summed E-state index contributed by atoms with van der Waals surface area (Å²) in [5.41, 5.74) is 1.60. The molecule has 1 fully saturated rings. The van der Waals surface area contributed by atoms with Gasteiger partial charge in [-0.3, -0.25) is 9.97 Å². The Hall–Kier alpha value is -3.36. The third-order valence-corrected chi connectivity index (χ3v) is 5.29. The number of likely N-dealkylation sites (tertiary alicyclic amines) is 1. The maximum atomic E-state index is 12.9. The van der Waals surface area contributed by atoms with Gasteiger partial charge in [0.05, 0.1) is 12.1 Å². The number of hydrogen-bond donors (Lipinski definition) is 0. The summed E-state index contributed by atoms with van der Waals surface area (Å²) >= 11 is 0. The molecule has 150 valence electrons. The van der Waals surface area contributed by atoms with Gasteiger partial charge in [-0.15, -0.1) is 0 Å². The van der Waals surface area contributed by atoms with Gasteiger partial charge in [0.15, 0.2) is 0 Å². The lowest BCUT2D eigenvalue weighted by Crippen LogP contribution is -2.42. The molecule has 2 amide bonds. The van der Waals surface area contributed by atoms with E-state index in [1.807, 2.05) is 42.0 Å². The van der Waals surface area contributed by atoms with Gasteiger partial charge < -0.3 is 14.3 Å². The van der Waals surface area contributed by atoms with Crippen molar-refractivity contribution >= 4 is 6.03 Å². The van der Waals surface area contributed by atoms with Crippen molar-refractivity contribution in [3.8, 4) is 11.5 Å². The van der Waals surface area contributed by atoms with E-state index in [0.717, 1.165) is 5.56 Å². The number of pyridine rings is 1. The van der Waals surface area contributed by atoms with E-state index in [4.69, 9.17) is 4.52 Å². The molecular weight excluding hydrogens is 370 g/mol. The molecular formula is C20H23N7O2. The lowest BCUT2D eigenvalue weighted by Gasteiger charge is -2.26. The van der Waals surface area contributed by atoms with Gasteiger partial charge in [0, 0.05) is 56.9 Å². The number of urea groups is 1. The zero-order chi connectivity index (χ0) is 20.2. The van der Waals surface area contributed by atoms with E-state index in [1.165, 1.54) is 0 Å².